The molecule has 10 nitrogen and oxygen atoms in total. The molecule has 0 unspecified atom stereocenters. The number of tetrazole rings is 1. The Kier molecular flexibility index (Phi) is 7.71. The lowest BCUT2D eigenvalue weighted by molar-refractivity contribution is 0.352. The van der Waals surface area contributed by atoms with Crippen molar-refractivity contribution in [2.24, 2.45) is 7.05 Å². The lowest BCUT2D eigenvalue weighted by atomic mass is 10.0. The van der Waals surface area contributed by atoms with Gasteiger partial charge in [-0.05, 0) is 53.1 Å². The molecule has 2 aromatic heterocycles. The largest absolute Gasteiger partial charge is 0.494 e. The number of fused-ring (bicyclic) bond motifs is 1. The molecule has 4 aromatic rings. The minimum absolute atomic E-state index is 0.0960. The van der Waals surface area contributed by atoms with Gasteiger partial charge in [-0.2, -0.15) is 0 Å². The van der Waals surface area contributed by atoms with Crippen LogP contribution in [0.2, 0.25) is 0 Å². The molecule has 1 aliphatic heterocycles. The maximum atomic E-state index is 11.5. The summed E-state index contributed by atoms with van der Waals surface area (Å²) in [5, 5.41) is 29.3. The highest BCUT2D eigenvalue weighted by atomic mass is 32.2. The zero-order valence-electron chi connectivity index (χ0n) is 21.4. The Morgan fingerprint density at radius 2 is 1.89 bits per heavy atom. The molecule has 1 aliphatic rings. The zero-order chi connectivity index (χ0) is 25.8. The number of benzene rings is 2. The predicted molar refractivity (Wildman–Crippen MR) is 145 cm³/mol. The molecule has 0 radical (unpaired) electrons. The van der Waals surface area contributed by atoms with Crippen LogP contribution in [-0.4, -0.2) is 76.0 Å². The number of hydrogen-bond donors (Lipinski definition) is 2. The summed E-state index contributed by atoms with van der Waals surface area (Å²) in [7, 11) is 5.12. The van der Waals surface area contributed by atoms with Gasteiger partial charge >= 0.3 is 0 Å². The first-order chi connectivity index (χ1) is 18.1. The van der Waals surface area contributed by atoms with Crippen molar-refractivity contribution in [2.75, 3.05) is 51.1 Å². The standard InChI is InChI=1S/C26H33N7O3S/c1-31-26(28-29-30-31)37-15-5-8-21(18-9-10-23(35-2)24(16-18)36-3)33-17-20-19(25(33)34)6-4-7-22(20)32-13-11-27-12-14-32/h4,6-7,9-10,16-17,21,27,34H,5,8,11-15H2,1-3H3/t21-/m1/s1. The van der Waals surface area contributed by atoms with Crippen LogP contribution < -0.4 is 19.7 Å². The molecule has 11 heteroatoms. The number of anilines is 1. The number of ether oxygens (including phenoxy) is 2. The van der Waals surface area contributed by atoms with Crippen LogP contribution in [0.15, 0.2) is 47.8 Å². The quantitative estimate of drug-likeness (QED) is 0.239. The number of rotatable bonds is 10. The average Bonchev–Trinajstić information content (AvgIpc) is 3.51. The van der Waals surface area contributed by atoms with Gasteiger partial charge in [-0.25, -0.2) is 4.68 Å². The first kappa shape index (κ1) is 25.2. The Morgan fingerprint density at radius 3 is 2.62 bits per heavy atom. The number of methoxy groups -OCH3 is 2. The Balaban J connectivity index is 1.49. The van der Waals surface area contributed by atoms with Gasteiger partial charge in [-0.1, -0.05) is 23.9 Å². The number of nitrogens with one attached hydrogen (secondary N) is 1. The minimum atomic E-state index is -0.0960. The second-order valence-electron chi connectivity index (χ2n) is 9.04. The highest BCUT2D eigenvalue weighted by Gasteiger charge is 2.23. The fraction of sp³-hybridized carbons (Fsp3) is 0.423. The fourth-order valence-electron chi connectivity index (χ4n) is 4.95. The van der Waals surface area contributed by atoms with E-state index in [1.165, 1.54) is 0 Å². The van der Waals surface area contributed by atoms with Crippen LogP contribution in [0.25, 0.3) is 10.8 Å². The van der Waals surface area contributed by atoms with Gasteiger partial charge in [-0.3, -0.25) is 0 Å². The van der Waals surface area contributed by atoms with Gasteiger partial charge in [0.1, 0.15) is 0 Å². The third kappa shape index (κ3) is 5.19. The van der Waals surface area contributed by atoms with E-state index in [0.717, 1.165) is 72.0 Å². The van der Waals surface area contributed by atoms with Crippen molar-refractivity contribution in [1.82, 2.24) is 30.1 Å². The molecule has 0 spiro atoms. The summed E-state index contributed by atoms with van der Waals surface area (Å²) in [5.41, 5.74) is 2.20. The van der Waals surface area contributed by atoms with Crippen molar-refractivity contribution in [3.63, 3.8) is 0 Å². The second kappa shape index (κ2) is 11.3. The highest BCUT2D eigenvalue weighted by molar-refractivity contribution is 7.99. The van der Waals surface area contributed by atoms with E-state index in [1.54, 1.807) is 30.7 Å². The lowest BCUT2D eigenvalue weighted by Crippen LogP contribution is -2.43. The lowest BCUT2D eigenvalue weighted by Gasteiger charge is -2.30. The summed E-state index contributed by atoms with van der Waals surface area (Å²) in [6.07, 6.45) is 3.81. The molecule has 0 amide bonds. The smallest absolute Gasteiger partial charge is 0.209 e. The maximum Gasteiger partial charge on any atom is 0.209 e. The number of aryl methyl sites for hydroxylation is 1. The Morgan fingerprint density at radius 1 is 1.08 bits per heavy atom. The molecule has 3 heterocycles. The SMILES string of the molecule is COc1ccc([C@@H](CCCSc2nnnn2C)n2cc3c(N4CCNCC4)cccc3c2O)cc1OC. The predicted octanol–water partition coefficient (Wildman–Crippen LogP) is 3.46. The number of aromatic hydroxyl groups is 1. The molecule has 1 fully saturated rings. The van der Waals surface area contributed by atoms with Crippen LogP contribution in [0.1, 0.15) is 24.4 Å². The summed E-state index contributed by atoms with van der Waals surface area (Å²) < 4.78 is 14.8. The van der Waals surface area contributed by atoms with Crippen molar-refractivity contribution in [3.8, 4) is 17.4 Å². The highest BCUT2D eigenvalue weighted by Crippen LogP contribution is 2.40. The Hall–Kier alpha value is -3.44. The normalized spacial score (nSPS) is 14.7. The van der Waals surface area contributed by atoms with E-state index in [1.807, 2.05) is 41.9 Å². The molecule has 0 saturated carbocycles. The molecular formula is C26H33N7O3S. The number of aromatic nitrogens is 5. The number of hydrogen-bond acceptors (Lipinski definition) is 9. The van der Waals surface area contributed by atoms with E-state index in [0.29, 0.717) is 11.5 Å². The first-order valence-corrected chi connectivity index (χ1v) is 13.4. The number of piperazine rings is 1. The summed E-state index contributed by atoms with van der Waals surface area (Å²) in [4.78, 5) is 2.39. The van der Waals surface area contributed by atoms with E-state index in [9.17, 15) is 5.11 Å². The van der Waals surface area contributed by atoms with E-state index in [2.05, 4.69) is 38.0 Å². The van der Waals surface area contributed by atoms with Crippen molar-refractivity contribution in [2.45, 2.75) is 24.0 Å². The van der Waals surface area contributed by atoms with Crippen molar-refractivity contribution in [1.29, 1.82) is 0 Å². The van der Waals surface area contributed by atoms with E-state index in [-0.39, 0.29) is 11.9 Å². The van der Waals surface area contributed by atoms with Gasteiger partial charge in [0.15, 0.2) is 17.4 Å². The molecule has 0 bridgehead atoms. The van der Waals surface area contributed by atoms with Crippen molar-refractivity contribution < 1.29 is 14.6 Å². The van der Waals surface area contributed by atoms with Crippen LogP contribution >= 0.6 is 11.8 Å². The van der Waals surface area contributed by atoms with Gasteiger partial charge in [-0.15, -0.1) is 5.10 Å². The molecule has 1 atom stereocenters. The molecule has 2 aromatic carbocycles. The average molecular weight is 524 g/mol. The minimum Gasteiger partial charge on any atom is -0.494 e. The monoisotopic (exact) mass is 523 g/mol. The molecule has 196 valence electrons. The van der Waals surface area contributed by atoms with Crippen LogP contribution in [0.3, 0.4) is 0 Å². The van der Waals surface area contributed by atoms with E-state index < -0.39 is 0 Å². The summed E-state index contributed by atoms with van der Waals surface area (Å²) in [5.74, 6) is 2.48. The van der Waals surface area contributed by atoms with E-state index >= 15 is 0 Å². The van der Waals surface area contributed by atoms with Crippen LogP contribution in [0, 0.1) is 0 Å². The molecule has 0 aliphatic carbocycles. The molecule has 2 N–H and O–H groups in total. The Labute approximate surface area is 220 Å². The Bertz CT molecular complexity index is 1350. The maximum absolute atomic E-state index is 11.5. The molecule has 5 rings (SSSR count). The number of nitrogens with zero attached hydrogens (tertiary/aromatic N) is 6. The molecule has 1 saturated heterocycles. The van der Waals surface area contributed by atoms with Crippen LogP contribution in [-0.2, 0) is 7.05 Å². The van der Waals surface area contributed by atoms with Crippen molar-refractivity contribution >= 4 is 28.2 Å². The summed E-state index contributed by atoms with van der Waals surface area (Å²) in [6, 6.07) is 12.1. The van der Waals surface area contributed by atoms with Crippen LogP contribution in [0.4, 0.5) is 5.69 Å². The fourth-order valence-corrected chi connectivity index (χ4v) is 5.76. The van der Waals surface area contributed by atoms with Crippen molar-refractivity contribution in [3.05, 3.63) is 48.2 Å². The second-order valence-corrected chi connectivity index (χ2v) is 10.1. The van der Waals surface area contributed by atoms with Gasteiger partial charge in [0.2, 0.25) is 5.16 Å². The topological polar surface area (TPSA) is 102 Å². The van der Waals surface area contributed by atoms with Gasteiger partial charge in [0, 0.05) is 61.6 Å². The van der Waals surface area contributed by atoms with Gasteiger partial charge in [0.25, 0.3) is 0 Å². The summed E-state index contributed by atoms with van der Waals surface area (Å²) >= 11 is 1.63. The number of thioether (sulfide) groups is 1. The zero-order valence-corrected chi connectivity index (χ0v) is 22.2. The molecular weight excluding hydrogens is 490 g/mol. The summed E-state index contributed by atoms with van der Waals surface area (Å²) in [6.45, 7) is 3.79. The third-order valence-electron chi connectivity index (χ3n) is 6.86. The van der Waals surface area contributed by atoms with Gasteiger partial charge in [0.05, 0.1) is 20.3 Å². The third-order valence-corrected chi connectivity index (χ3v) is 7.95. The van der Waals surface area contributed by atoms with Crippen LogP contribution in [0.5, 0.6) is 17.4 Å². The molecule has 37 heavy (non-hydrogen) atoms. The first-order valence-electron chi connectivity index (χ1n) is 12.5. The van der Waals surface area contributed by atoms with E-state index in [4.69, 9.17) is 9.47 Å². The van der Waals surface area contributed by atoms with Gasteiger partial charge < -0.3 is 29.4 Å².